The Morgan fingerprint density at radius 1 is 1.43 bits per heavy atom. The van der Waals surface area contributed by atoms with Gasteiger partial charge < -0.3 is 14.7 Å². The van der Waals surface area contributed by atoms with E-state index in [4.69, 9.17) is 9.78 Å². The summed E-state index contributed by atoms with van der Waals surface area (Å²) in [5.41, 5.74) is 1.53. The van der Waals surface area contributed by atoms with Crippen LogP contribution in [-0.4, -0.2) is 35.1 Å². The van der Waals surface area contributed by atoms with Gasteiger partial charge in [0, 0.05) is 30.8 Å². The highest BCUT2D eigenvalue weighted by Gasteiger charge is 2.24. The minimum Gasteiger partial charge on any atom is -0.350 e. The van der Waals surface area contributed by atoms with Gasteiger partial charge in [0.15, 0.2) is 6.19 Å². The number of carbonyl (C=O) groups excluding carboxylic acids is 1. The zero-order valence-electron chi connectivity index (χ0n) is 11.3. The number of likely N-dealkylation sites (tertiary alicyclic amines) is 1. The summed E-state index contributed by atoms with van der Waals surface area (Å²) < 4.78 is 5.10. The second-order valence-corrected chi connectivity index (χ2v) is 4.95. The predicted molar refractivity (Wildman–Crippen MR) is 75.0 cm³/mol. The number of carbonyl (C=O) groups is 1. The lowest BCUT2D eigenvalue weighted by atomic mass is 10.1. The topological polar surface area (TPSA) is 82.2 Å². The summed E-state index contributed by atoms with van der Waals surface area (Å²) in [4.78, 5) is 13.7. The number of aromatic nitrogens is 1. The first-order valence-corrected chi connectivity index (χ1v) is 6.74. The van der Waals surface area contributed by atoms with Gasteiger partial charge in [-0.05, 0) is 6.42 Å². The van der Waals surface area contributed by atoms with Crippen LogP contribution in [0, 0.1) is 11.5 Å². The lowest BCUT2D eigenvalue weighted by molar-refractivity contribution is 0.0901. The van der Waals surface area contributed by atoms with Gasteiger partial charge in [-0.2, -0.15) is 5.26 Å². The molecule has 0 radical (unpaired) electrons. The van der Waals surface area contributed by atoms with E-state index in [-0.39, 0.29) is 17.7 Å². The molecule has 6 nitrogen and oxygen atoms in total. The molecule has 2 heterocycles. The molecule has 1 fully saturated rings. The third-order valence-corrected chi connectivity index (χ3v) is 3.47. The van der Waals surface area contributed by atoms with Gasteiger partial charge in [0.1, 0.15) is 5.69 Å². The van der Waals surface area contributed by atoms with E-state index in [1.165, 1.54) is 0 Å². The SMILES string of the molecule is N#CN1CCC(NC(=O)c2cc(-c3ccccc3)no2)C1. The fraction of sp³-hybridized carbons (Fsp3) is 0.267. The zero-order chi connectivity index (χ0) is 14.7. The Labute approximate surface area is 122 Å². The van der Waals surface area contributed by atoms with Crippen LogP contribution in [0.15, 0.2) is 40.9 Å². The van der Waals surface area contributed by atoms with Crippen molar-refractivity contribution in [2.45, 2.75) is 12.5 Å². The van der Waals surface area contributed by atoms with Crippen LogP contribution in [0.5, 0.6) is 0 Å². The summed E-state index contributed by atoms with van der Waals surface area (Å²) >= 11 is 0. The summed E-state index contributed by atoms with van der Waals surface area (Å²) in [5.74, 6) is -0.112. The molecule has 6 heteroatoms. The first-order valence-electron chi connectivity index (χ1n) is 6.74. The average Bonchev–Trinajstić information content (AvgIpc) is 3.17. The monoisotopic (exact) mass is 282 g/mol. The minimum atomic E-state index is -0.297. The van der Waals surface area contributed by atoms with Gasteiger partial charge in [0.05, 0.1) is 0 Å². The molecular weight excluding hydrogens is 268 g/mol. The second-order valence-electron chi connectivity index (χ2n) is 4.95. The molecule has 1 unspecified atom stereocenters. The maximum absolute atomic E-state index is 12.1. The fourth-order valence-corrected chi connectivity index (χ4v) is 2.35. The van der Waals surface area contributed by atoms with E-state index in [2.05, 4.69) is 16.7 Å². The highest BCUT2D eigenvalue weighted by Crippen LogP contribution is 2.18. The maximum Gasteiger partial charge on any atom is 0.290 e. The highest BCUT2D eigenvalue weighted by atomic mass is 16.5. The second kappa shape index (κ2) is 5.67. The largest absolute Gasteiger partial charge is 0.350 e. The zero-order valence-corrected chi connectivity index (χ0v) is 11.3. The lowest BCUT2D eigenvalue weighted by Crippen LogP contribution is -2.36. The van der Waals surface area contributed by atoms with E-state index in [1.807, 2.05) is 30.3 Å². The standard InChI is InChI=1S/C15H14N4O2/c16-10-19-7-6-12(9-19)17-15(20)14-8-13(18-21-14)11-4-2-1-3-5-11/h1-5,8,12H,6-7,9H2,(H,17,20). The first kappa shape index (κ1) is 13.2. The van der Waals surface area contributed by atoms with Crippen LogP contribution >= 0.6 is 0 Å². The molecule has 0 saturated carbocycles. The third-order valence-electron chi connectivity index (χ3n) is 3.47. The number of nitrogens with zero attached hydrogens (tertiary/aromatic N) is 3. The minimum absolute atomic E-state index is 0.0255. The fourth-order valence-electron chi connectivity index (χ4n) is 2.35. The van der Waals surface area contributed by atoms with Crippen LogP contribution < -0.4 is 5.32 Å². The van der Waals surface area contributed by atoms with Crippen molar-refractivity contribution in [1.82, 2.24) is 15.4 Å². The third kappa shape index (κ3) is 2.87. The molecule has 1 saturated heterocycles. The van der Waals surface area contributed by atoms with Crippen molar-refractivity contribution in [2.24, 2.45) is 0 Å². The van der Waals surface area contributed by atoms with Crippen LogP contribution in [-0.2, 0) is 0 Å². The van der Waals surface area contributed by atoms with Crippen LogP contribution in [0.2, 0.25) is 0 Å². The van der Waals surface area contributed by atoms with Gasteiger partial charge in [-0.25, -0.2) is 0 Å². The quantitative estimate of drug-likeness (QED) is 0.865. The summed E-state index contributed by atoms with van der Waals surface area (Å²) in [7, 11) is 0. The molecule has 0 aliphatic carbocycles. The Kier molecular flexibility index (Phi) is 3.56. The molecule has 21 heavy (non-hydrogen) atoms. The smallest absolute Gasteiger partial charge is 0.290 e. The Morgan fingerprint density at radius 3 is 2.95 bits per heavy atom. The molecule has 0 spiro atoms. The Hall–Kier alpha value is -2.81. The molecule has 106 valence electrons. The van der Waals surface area contributed by atoms with Crippen LogP contribution in [0.1, 0.15) is 17.0 Å². The van der Waals surface area contributed by atoms with Gasteiger partial charge in [0.2, 0.25) is 5.76 Å². The molecule has 1 aliphatic rings. The number of amides is 1. The van der Waals surface area contributed by atoms with Crippen molar-refractivity contribution < 1.29 is 9.32 Å². The molecule has 2 aromatic rings. The molecule has 1 aromatic heterocycles. The van der Waals surface area contributed by atoms with Gasteiger partial charge in [-0.3, -0.25) is 4.79 Å². The lowest BCUT2D eigenvalue weighted by Gasteiger charge is -2.10. The summed E-state index contributed by atoms with van der Waals surface area (Å²) in [5, 5.41) is 15.6. The molecule has 1 atom stereocenters. The number of nitrogens with one attached hydrogen (secondary N) is 1. The highest BCUT2D eigenvalue weighted by molar-refractivity contribution is 5.92. The van der Waals surface area contributed by atoms with E-state index in [0.717, 1.165) is 12.0 Å². The van der Waals surface area contributed by atoms with Crippen LogP contribution in [0.25, 0.3) is 11.3 Å². The number of rotatable bonds is 3. The molecule has 1 amide bonds. The maximum atomic E-state index is 12.1. The normalized spacial score (nSPS) is 17.5. The summed E-state index contributed by atoms with van der Waals surface area (Å²) in [6.45, 7) is 1.22. The number of benzene rings is 1. The van der Waals surface area contributed by atoms with Gasteiger partial charge in [0.25, 0.3) is 5.91 Å². The Bertz CT molecular complexity index is 674. The number of hydrogen-bond acceptors (Lipinski definition) is 5. The van der Waals surface area contributed by atoms with Crippen LogP contribution in [0.4, 0.5) is 0 Å². The van der Waals surface area contributed by atoms with Crippen molar-refractivity contribution in [1.29, 1.82) is 5.26 Å². The van der Waals surface area contributed by atoms with Crippen molar-refractivity contribution in [2.75, 3.05) is 13.1 Å². The average molecular weight is 282 g/mol. The number of hydrogen-bond donors (Lipinski definition) is 1. The molecular formula is C15H14N4O2. The van der Waals surface area contributed by atoms with E-state index in [1.54, 1.807) is 11.0 Å². The first-order chi connectivity index (χ1) is 10.3. The van der Waals surface area contributed by atoms with Crippen molar-refractivity contribution >= 4 is 5.91 Å². The molecule has 1 aromatic carbocycles. The number of nitriles is 1. The molecule has 1 aliphatic heterocycles. The molecule has 0 bridgehead atoms. The Morgan fingerprint density at radius 2 is 2.24 bits per heavy atom. The summed E-state index contributed by atoms with van der Waals surface area (Å²) in [6, 6.07) is 11.1. The predicted octanol–water partition coefficient (Wildman–Crippen LogP) is 1.63. The molecule has 1 N–H and O–H groups in total. The van der Waals surface area contributed by atoms with E-state index < -0.39 is 0 Å². The molecule has 3 rings (SSSR count). The van der Waals surface area contributed by atoms with E-state index in [9.17, 15) is 4.79 Å². The van der Waals surface area contributed by atoms with Gasteiger partial charge in [-0.15, -0.1) is 0 Å². The van der Waals surface area contributed by atoms with E-state index in [0.29, 0.717) is 18.8 Å². The Balaban J connectivity index is 1.67. The summed E-state index contributed by atoms with van der Waals surface area (Å²) in [6.07, 6.45) is 2.84. The van der Waals surface area contributed by atoms with Crippen molar-refractivity contribution in [3.63, 3.8) is 0 Å². The van der Waals surface area contributed by atoms with Crippen molar-refractivity contribution in [3.05, 3.63) is 42.2 Å². The van der Waals surface area contributed by atoms with Crippen LogP contribution in [0.3, 0.4) is 0 Å². The van der Waals surface area contributed by atoms with Crippen molar-refractivity contribution in [3.8, 4) is 17.5 Å². The van der Waals surface area contributed by atoms with Gasteiger partial charge >= 0.3 is 0 Å². The van der Waals surface area contributed by atoms with E-state index >= 15 is 0 Å². The van der Waals surface area contributed by atoms with Gasteiger partial charge in [-0.1, -0.05) is 35.5 Å².